The van der Waals surface area contributed by atoms with E-state index < -0.39 is 0 Å². The summed E-state index contributed by atoms with van der Waals surface area (Å²) < 4.78 is 0. The van der Waals surface area contributed by atoms with Crippen molar-refractivity contribution in [2.24, 2.45) is 0 Å². The van der Waals surface area contributed by atoms with Crippen LogP contribution in [-0.4, -0.2) is 39.9 Å². The number of likely N-dealkylation sites (tertiary alicyclic amines) is 1. The molecule has 2 aromatic rings. The van der Waals surface area contributed by atoms with Gasteiger partial charge in [-0.15, -0.1) is 0 Å². The number of rotatable bonds is 2. The topological polar surface area (TPSA) is 58.1 Å². The molecule has 1 saturated heterocycles. The lowest BCUT2D eigenvalue weighted by Gasteiger charge is -2.31. The standard InChI is InChI=1S/C15H18N4O/c1-11(20)19-8-6-12(7-9-19)17-15-10-16-13-4-2-3-5-14(13)18-15/h2-5,10,12H,6-9H2,1H3,(H,17,18). The van der Waals surface area contributed by atoms with Crippen LogP contribution in [0.4, 0.5) is 5.82 Å². The lowest BCUT2D eigenvalue weighted by molar-refractivity contribution is -0.129. The highest BCUT2D eigenvalue weighted by molar-refractivity contribution is 5.75. The normalized spacial score (nSPS) is 16.4. The Balaban J connectivity index is 1.66. The lowest BCUT2D eigenvalue weighted by atomic mass is 10.1. The number of aromatic nitrogens is 2. The summed E-state index contributed by atoms with van der Waals surface area (Å²) in [5.41, 5.74) is 1.81. The highest BCUT2D eigenvalue weighted by atomic mass is 16.2. The number of hydrogen-bond acceptors (Lipinski definition) is 4. The molecule has 0 atom stereocenters. The predicted octanol–water partition coefficient (Wildman–Crippen LogP) is 2.05. The number of anilines is 1. The molecule has 0 spiro atoms. The molecular weight excluding hydrogens is 252 g/mol. The summed E-state index contributed by atoms with van der Waals surface area (Å²) in [4.78, 5) is 22.2. The van der Waals surface area contributed by atoms with Crippen molar-refractivity contribution in [3.63, 3.8) is 0 Å². The van der Waals surface area contributed by atoms with Crippen LogP contribution in [0.2, 0.25) is 0 Å². The second kappa shape index (κ2) is 5.45. The Morgan fingerprint density at radius 1 is 1.25 bits per heavy atom. The first kappa shape index (κ1) is 12.8. The molecule has 104 valence electrons. The molecule has 0 bridgehead atoms. The molecule has 1 aromatic heterocycles. The first-order valence-electron chi connectivity index (χ1n) is 6.96. The van der Waals surface area contributed by atoms with E-state index in [9.17, 15) is 4.79 Å². The van der Waals surface area contributed by atoms with Crippen molar-refractivity contribution in [3.05, 3.63) is 30.5 Å². The van der Waals surface area contributed by atoms with Crippen LogP contribution < -0.4 is 5.32 Å². The number of benzene rings is 1. The van der Waals surface area contributed by atoms with Gasteiger partial charge in [-0.05, 0) is 25.0 Å². The predicted molar refractivity (Wildman–Crippen MR) is 78.4 cm³/mol. The van der Waals surface area contributed by atoms with Crippen molar-refractivity contribution in [2.45, 2.75) is 25.8 Å². The fourth-order valence-corrected chi connectivity index (χ4v) is 2.57. The van der Waals surface area contributed by atoms with Gasteiger partial charge in [-0.3, -0.25) is 9.78 Å². The van der Waals surface area contributed by atoms with E-state index in [0.29, 0.717) is 6.04 Å². The number of piperidine rings is 1. The number of fused-ring (bicyclic) bond motifs is 1. The van der Waals surface area contributed by atoms with Crippen LogP contribution in [0.3, 0.4) is 0 Å². The van der Waals surface area contributed by atoms with E-state index >= 15 is 0 Å². The van der Waals surface area contributed by atoms with Gasteiger partial charge in [-0.25, -0.2) is 4.98 Å². The fraction of sp³-hybridized carbons (Fsp3) is 0.400. The number of carbonyl (C=O) groups is 1. The second-order valence-electron chi connectivity index (χ2n) is 5.17. The number of nitrogens with one attached hydrogen (secondary N) is 1. The molecule has 1 fully saturated rings. The third-order valence-electron chi connectivity index (χ3n) is 3.74. The van der Waals surface area contributed by atoms with E-state index in [1.165, 1.54) is 0 Å². The maximum absolute atomic E-state index is 11.3. The highest BCUT2D eigenvalue weighted by Gasteiger charge is 2.20. The van der Waals surface area contributed by atoms with Gasteiger partial charge >= 0.3 is 0 Å². The molecule has 20 heavy (non-hydrogen) atoms. The molecule has 2 heterocycles. The minimum Gasteiger partial charge on any atom is -0.366 e. The zero-order valence-corrected chi connectivity index (χ0v) is 11.5. The first-order chi connectivity index (χ1) is 9.72. The summed E-state index contributed by atoms with van der Waals surface area (Å²) in [6.45, 7) is 3.25. The minimum absolute atomic E-state index is 0.161. The van der Waals surface area contributed by atoms with Gasteiger partial charge in [0, 0.05) is 26.1 Å². The highest BCUT2D eigenvalue weighted by Crippen LogP contribution is 2.17. The molecule has 5 nitrogen and oxygen atoms in total. The monoisotopic (exact) mass is 270 g/mol. The molecule has 0 unspecified atom stereocenters. The van der Waals surface area contributed by atoms with Crippen LogP contribution >= 0.6 is 0 Å². The van der Waals surface area contributed by atoms with Gasteiger partial charge < -0.3 is 10.2 Å². The van der Waals surface area contributed by atoms with Gasteiger partial charge in [-0.1, -0.05) is 12.1 Å². The van der Waals surface area contributed by atoms with E-state index in [-0.39, 0.29) is 5.91 Å². The van der Waals surface area contributed by atoms with Crippen LogP contribution in [0.5, 0.6) is 0 Å². The quantitative estimate of drug-likeness (QED) is 0.907. The molecule has 3 rings (SSSR count). The van der Waals surface area contributed by atoms with Gasteiger partial charge in [0.1, 0.15) is 5.82 Å². The maximum atomic E-state index is 11.3. The van der Waals surface area contributed by atoms with Crippen molar-refractivity contribution in [1.82, 2.24) is 14.9 Å². The van der Waals surface area contributed by atoms with E-state index in [1.807, 2.05) is 29.2 Å². The Morgan fingerprint density at radius 3 is 2.65 bits per heavy atom. The zero-order valence-electron chi connectivity index (χ0n) is 11.5. The van der Waals surface area contributed by atoms with Gasteiger partial charge in [-0.2, -0.15) is 0 Å². The number of para-hydroxylation sites is 2. The van der Waals surface area contributed by atoms with Crippen LogP contribution in [0.1, 0.15) is 19.8 Å². The van der Waals surface area contributed by atoms with Gasteiger partial charge in [0.05, 0.1) is 17.2 Å². The summed E-state index contributed by atoms with van der Waals surface area (Å²) >= 11 is 0. The molecule has 1 N–H and O–H groups in total. The molecule has 5 heteroatoms. The van der Waals surface area contributed by atoms with Crippen LogP contribution in [0.15, 0.2) is 30.5 Å². The Labute approximate surface area is 118 Å². The molecule has 1 amide bonds. The van der Waals surface area contributed by atoms with E-state index in [0.717, 1.165) is 42.8 Å². The number of carbonyl (C=O) groups excluding carboxylic acids is 1. The Kier molecular flexibility index (Phi) is 3.50. The van der Waals surface area contributed by atoms with E-state index in [2.05, 4.69) is 15.3 Å². The van der Waals surface area contributed by atoms with Crippen LogP contribution in [0, 0.1) is 0 Å². The van der Waals surface area contributed by atoms with E-state index in [1.54, 1.807) is 13.1 Å². The Morgan fingerprint density at radius 2 is 1.95 bits per heavy atom. The van der Waals surface area contributed by atoms with E-state index in [4.69, 9.17) is 0 Å². The van der Waals surface area contributed by atoms with Crippen molar-refractivity contribution >= 4 is 22.8 Å². The molecule has 0 aliphatic carbocycles. The number of nitrogens with zero attached hydrogens (tertiary/aromatic N) is 3. The number of hydrogen-bond donors (Lipinski definition) is 1. The van der Waals surface area contributed by atoms with Crippen molar-refractivity contribution in [3.8, 4) is 0 Å². The molecule has 0 radical (unpaired) electrons. The average molecular weight is 270 g/mol. The van der Waals surface area contributed by atoms with Crippen molar-refractivity contribution < 1.29 is 4.79 Å². The van der Waals surface area contributed by atoms with Crippen molar-refractivity contribution in [2.75, 3.05) is 18.4 Å². The van der Waals surface area contributed by atoms with Crippen LogP contribution in [-0.2, 0) is 4.79 Å². The molecule has 1 aliphatic heterocycles. The third kappa shape index (κ3) is 2.71. The second-order valence-corrected chi connectivity index (χ2v) is 5.17. The SMILES string of the molecule is CC(=O)N1CCC(Nc2cnc3ccccc3n2)CC1. The van der Waals surface area contributed by atoms with Crippen LogP contribution in [0.25, 0.3) is 11.0 Å². The lowest BCUT2D eigenvalue weighted by Crippen LogP contribution is -2.41. The summed E-state index contributed by atoms with van der Waals surface area (Å²) in [5.74, 6) is 0.971. The molecule has 1 aliphatic rings. The smallest absolute Gasteiger partial charge is 0.219 e. The summed E-state index contributed by atoms with van der Waals surface area (Å²) in [7, 11) is 0. The molecule has 1 aromatic carbocycles. The van der Waals surface area contributed by atoms with Gasteiger partial charge in [0.25, 0.3) is 0 Å². The average Bonchev–Trinajstić information content (AvgIpc) is 2.48. The fourth-order valence-electron chi connectivity index (χ4n) is 2.57. The summed E-state index contributed by atoms with van der Waals surface area (Å²) in [5, 5.41) is 3.42. The van der Waals surface area contributed by atoms with Crippen molar-refractivity contribution in [1.29, 1.82) is 0 Å². The van der Waals surface area contributed by atoms with Gasteiger partial charge in [0.15, 0.2) is 0 Å². The number of amides is 1. The van der Waals surface area contributed by atoms with Gasteiger partial charge in [0.2, 0.25) is 5.91 Å². The summed E-state index contributed by atoms with van der Waals surface area (Å²) in [6.07, 6.45) is 3.68. The maximum Gasteiger partial charge on any atom is 0.219 e. The molecule has 0 saturated carbocycles. The zero-order chi connectivity index (χ0) is 13.9. The Hall–Kier alpha value is -2.17. The first-order valence-corrected chi connectivity index (χ1v) is 6.96. The Bertz CT molecular complexity index is 620. The third-order valence-corrected chi connectivity index (χ3v) is 3.74. The summed E-state index contributed by atoms with van der Waals surface area (Å²) in [6, 6.07) is 8.21. The molecular formula is C15H18N4O. The largest absolute Gasteiger partial charge is 0.366 e. The minimum atomic E-state index is 0.161.